The van der Waals surface area contributed by atoms with Crippen molar-refractivity contribution < 1.29 is 9.18 Å². The fourth-order valence-electron chi connectivity index (χ4n) is 2.19. The average Bonchev–Trinajstić information content (AvgIpc) is 3.12. The fourth-order valence-corrected chi connectivity index (χ4v) is 2.49. The highest BCUT2D eigenvalue weighted by Gasteiger charge is 2.11. The molecule has 0 saturated carbocycles. The lowest BCUT2D eigenvalue weighted by atomic mass is 10.1. The van der Waals surface area contributed by atoms with Gasteiger partial charge in [0, 0.05) is 5.56 Å². The van der Waals surface area contributed by atoms with E-state index in [0.29, 0.717) is 27.0 Å². The number of H-pyrrole nitrogens is 1. The Labute approximate surface area is 158 Å². The van der Waals surface area contributed by atoms with Gasteiger partial charge in [-0.1, -0.05) is 29.3 Å². The molecule has 8 heteroatoms. The number of hydrazone groups is 1. The van der Waals surface area contributed by atoms with Gasteiger partial charge in [0.15, 0.2) is 0 Å². The second-order valence-electron chi connectivity index (χ2n) is 5.44. The van der Waals surface area contributed by atoms with Crippen LogP contribution in [0, 0.1) is 5.82 Å². The highest BCUT2D eigenvalue weighted by molar-refractivity contribution is 6.42. The molecule has 0 aliphatic heterocycles. The van der Waals surface area contributed by atoms with E-state index < -0.39 is 5.91 Å². The van der Waals surface area contributed by atoms with Crippen LogP contribution in [-0.2, 0) is 0 Å². The highest BCUT2D eigenvalue weighted by atomic mass is 35.5. The molecule has 1 heterocycles. The Morgan fingerprint density at radius 1 is 1.12 bits per heavy atom. The maximum absolute atomic E-state index is 13.0. The lowest BCUT2D eigenvalue weighted by Crippen LogP contribution is -2.19. The van der Waals surface area contributed by atoms with E-state index in [1.54, 1.807) is 43.3 Å². The Morgan fingerprint density at radius 3 is 2.54 bits per heavy atom. The van der Waals surface area contributed by atoms with E-state index in [1.807, 2.05) is 0 Å². The molecule has 0 spiro atoms. The number of nitrogens with one attached hydrogen (secondary N) is 2. The molecule has 132 valence electrons. The maximum Gasteiger partial charge on any atom is 0.289 e. The minimum atomic E-state index is -0.453. The molecule has 0 aliphatic rings. The number of benzene rings is 2. The number of aromatic amines is 1. The average molecular weight is 391 g/mol. The van der Waals surface area contributed by atoms with Crippen LogP contribution < -0.4 is 5.43 Å². The second kappa shape index (κ2) is 7.68. The van der Waals surface area contributed by atoms with Gasteiger partial charge in [0.1, 0.15) is 11.5 Å². The van der Waals surface area contributed by atoms with Crippen LogP contribution in [0.5, 0.6) is 0 Å². The summed E-state index contributed by atoms with van der Waals surface area (Å²) in [5.41, 5.74) is 5.20. The molecule has 3 aromatic rings. The molecule has 0 radical (unpaired) electrons. The van der Waals surface area contributed by atoms with Gasteiger partial charge >= 0.3 is 0 Å². The minimum Gasteiger partial charge on any atom is -0.272 e. The van der Waals surface area contributed by atoms with E-state index >= 15 is 0 Å². The van der Waals surface area contributed by atoms with Crippen LogP contribution in [0.1, 0.15) is 23.0 Å². The molecule has 0 aliphatic carbocycles. The van der Waals surface area contributed by atoms with Crippen LogP contribution in [-0.4, -0.2) is 21.8 Å². The monoisotopic (exact) mass is 390 g/mol. The molecule has 26 heavy (non-hydrogen) atoms. The quantitative estimate of drug-likeness (QED) is 0.501. The lowest BCUT2D eigenvalue weighted by molar-refractivity contribution is 0.0950. The standard InChI is InChI=1S/C18H13Cl2FN4O/c1-10(12-4-7-14(19)15(20)8-12)22-25-18(26)17-9-16(23-24-17)11-2-5-13(21)6-3-11/h2-9H,1H3,(H,23,24)(H,25,26). The predicted molar refractivity (Wildman–Crippen MR) is 100 cm³/mol. The molecular weight excluding hydrogens is 378 g/mol. The second-order valence-corrected chi connectivity index (χ2v) is 6.26. The third-order valence-electron chi connectivity index (χ3n) is 3.63. The number of hydrogen-bond donors (Lipinski definition) is 2. The van der Waals surface area contributed by atoms with Gasteiger partial charge in [-0.15, -0.1) is 0 Å². The SMILES string of the molecule is CC(=NNC(=O)c1cc(-c2ccc(F)cc2)n[nH]1)c1ccc(Cl)c(Cl)c1. The maximum atomic E-state index is 13.0. The zero-order chi connectivity index (χ0) is 18.7. The Balaban J connectivity index is 1.72. The van der Waals surface area contributed by atoms with Crippen LogP contribution in [0.25, 0.3) is 11.3 Å². The summed E-state index contributed by atoms with van der Waals surface area (Å²) in [6.45, 7) is 1.73. The molecular formula is C18H13Cl2FN4O. The number of rotatable bonds is 4. The first-order valence-corrected chi connectivity index (χ1v) is 8.31. The molecule has 0 unspecified atom stereocenters. The zero-order valence-electron chi connectivity index (χ0n) is 13.6. The summed E-state index contributed by atoms with van der Waals surface area (Å²) >= 11 is 11.9. The van der Waals surface area contributed by atoms with Gasteiger partial charge in [0.05, 0.1) is 21.5 Å². The zero-order valence-corrected chi connectivity index (χ0v) is 15.1. The van der Waals surface area contributed by atoms with Gasteiger partial charge in [0.25, 0.3) is 5.91 Å². The number of halogens is 3. The molecule has 1 aromatic heterocycles. The largest absolute Gasteiger partial charge is 0.289 e. The first-order chi connectivity index (χ1) is 12.4. The molecule has 3 rings (SSSR count). The number of amides is 1. The van der Waals surface area contributed by atoms with Gasteiger partial charge in [-0.25, -0.2) is 9.82 Å². The van der Waals surface area contributed by atoms with Gasteiger partial charge in [-0.2, -0.15) is 10.2 Å². The summed E-state index contributed by atoms with van der Waals surface area (Å²) < 4.78 is 13.0. The van der Waals surface area contributed by atoms with E-state index in [2.05, 4.69) is 20.7 Å². The highest BCUT2D eigenvalue weighted by Crippen LogP contribution is 2.23. The van der Waals surface area contributed by atoms with Crippen molar-refractivity contribution in [2.45, 2.75) is 6.92 Å². The Bertz CT molecular complexity index is 983. The third kappa shape index (κ3) is 4.09. The predicted octanol–water partition coefficient (Wildman–Crippen LogP) is 4.68. The van der Waals surface area contributed by atoms with Gasteiger partial charge in [-0.3, -0.25) is 9.89 Å². The molecule has 0 atom stereocenters. The number of nitrogens with zero attached hydrogens (tertiary/aromatic N) is 2. The molecule has 2 N–H and O–H groups in total. The van der Waals surface area contributed by atoms with E-state index in [4.69, 9.17) is 23.2 Å². The number of aromatic nitrogens is 2. The number of carbonyl (C=O) groups excluding carboxylic acids is 1. The Kier molecular flexibility index (Phi) is 5.35. The third-order valence-corrected chi connectivity index (χ3v) is 4.36. The fraction of sp³-hybridized carbons (Fsp3) is 0.0556. The van der Waals surface area contributed by atoms with E-state index in [-0.39, 0.29) is 11.5 Å². The molecule has 0 bridgehead atoms. The van der Waals surface area contributed by atoms with Crippen LogP contribution in [0.4, 0.5) is 4.39 Å². The van der Waals surface area contributed by atoms with E-state index in [0.717, 1.165) is 5.56 Å². The van der Waals surface area contributed by atoms with Crippen molar-refractivity contribution in [1.82, 2.24) is 15.6 Å². The van der Waals surface area contributed by atoms with Crippen LogP contribution in [0.2, 0.25) is 10.0 Å². The van der Waals surface area contributed by atoms with Crippen LogP contribution in [0.15, 0.2) is 53.6 Å². The molecule has 5 nitrogen and oxygen atoms in total. The van der Waals surface area contributed by atoms with Crippen molar-refractivity contribution >= 4 is 34.8 Å². The Hall–Kier alpha value is -2.70. The van der Waals surface area contributed by atoms with Crippen molar-refractivity contribution in [2.24, 2.45) is 5.10 Å². The topological polar surface area (TPSA) is 70.1 Å². The number of carbonyl (C=O) groups is 1. The van der Waals surface area contributed by atoms with Gasteiger partial charge in [0.2, 0.25) is 0 Å². The molecule has 0 fully saturated rings. The summed E-state index contributed by atoms with van der Waals surface area (Å²) in [5, 5.41) is 11.6. The molecule has 1 amide bonds. The molecule has 0 saturated heterocycles. The van der Waals surface area contributed by atoms with Gasteiger partial charge < -0.3 is 0 Å². The smallest absolute Gasteiger partial charge is 0.272 e. The van der Waals surface area contributed by atoms with Gasteiger partial charge in [-0.05, 0) is 55.0 Å². The lowest BCUT2D eigenvalue weighted by Gasteiger charge is -2.03. The van der Waals surface area contributed by atoms with Crippen molar-refractivity contribution in [3.05, 3.63) is 75.7 Å². The van der Waals surface area contributed by atoms with Crippen molar-refractivity contribution in [3.63, 3.8) is 0 Å². The number of hydrogen-bond acceptors (Lipinski definition) is 3. The summed E-state index contributed by atoms with van der Waals surface area (Å²) in [4.78, 5) is 12.2. The summed E-state index contributed by atoms with van der Waals surface area (Å²) in [5.74, 6) is -0.792. The normalized spacial score (nSPS) is 11.5. The summed E-state index contributed by atoms with van der Waals surface area (Å²) in [7, 11) is 0. The van der Waals surface area contributed by atoms with E-state index in [9.17, 15) is 9.18 Å². The Morgan fingerprint density at radius 2 is 1.85 bits per heavy atom. The molecule has 2 aromatic carbocycles. The first-order valence-electron chi connectivity index (χ1n) is 7.55. The minimum absolute atomic E-state index is 0.231. The van der Waals surface area contributed by atoms with Crippen molar-refractivity contribution in [3.8, 4) is 11.3 Å². The first kappa shape index (κ1) is 18.1. The summed E-state index contributed by atoms with van der Waals surface area (Å²) in [6, 6.07) is 12.5. The van der Waals surface area contributed by atoms with Crippen LogP contribution in [0.3, 0.4) is 0 Å². The van der Waals surface area contributed by atoms with E-state index in [1.165, 1.54) is 12.1 Å². The van der Waals surface area contributed by atoms with Crippen LogP contribution >= 0.6 is 23.2 Å². The van der Waals surface area contributed by atoms with Crippen molar-refractivity contribution in [2.75, 3.05) is 0 Å². The van der Waals surface area contributed by atoms with Crippen molar-refractivity contribution in [1.29, 1.82) is 0 Å². The summed E-state index contributed by atoms with van der Waals surface area (Å²) in [6.07, 6.45) is 0.